The highest BCUT2D eigenvalue weighted by atomic mass is 79.9. The number of oxime groups is 1. The Bertz CT molecular complexity index is 613. The number of aromatic nitrogens is 1. The minimum atomic E-state index is 0.0991. The molecule has 1 aromatic carbocycles. The van der Waals surface area contributed by atoms with Gasteiger partial charge in [0.05, 0.1) is 12.2 Å². The molecule has 1 heterocycles. The van der Waals surface area contributed by atoms with Gasteiger partial charge in [0.15, 0.2) is 5.84 Å². The second-order valence-electron chi connectivity index (χ2n) is 4.36. The van der Waals surface area contributed by atoms with Crippen molar-refractivity contribution in [2.24, 2.45) is 10.9 Å². The fourth-order valence-corrected chi connectivity index (χ4v) is 2.03. The lowest BCUT2D eigenvalue weighted by molar-refractivity contribution is 0.318. The smallest absolute Gasteiger partial charge is 0.170 e. The maximum Gasteiger partial charge on any atom is 0.170 e. The van der Waals surface area contributed by atoms with E-state index >= 15 is 0 Å². The zero-order valence-electron chi connectivity index (χ0n) is 11.0. The number of rotatable bonds is 4. The summed E-state index contributed by atoms with van der Waals surface area (Å²) in [5.74, 6) is 0.0991. The van der Waals surface area contributed by atoms with Crippen LogP contribution in [0, 0.1) is 0 Å². The molecular formula is C14H15BrN4O. The zero-order valence-corrected chi connectivity index (χ0v) is 12.6. The molecule has 0 atom stereocenters. The fourth-order valence-electron chi connectivity index (χ4n) is 1.79. The van der Waals surface area contributed by atoms with Crippen LogP contribution in [-0.4, -0.2) is 23.1 Å². The minimum absolute atomic E-state index is 0.0991. The number of nitrogens with zero attached hydrogens (tertiary/aromatic N) is 3. The Morgan fingerprint density at radius 2 is 2.20 bits per heavy atom. The molecule has 2 rings (SSSR count). The number of amidine groups is 1. The molecule has 20 heavy (non-hydrogen) atoms. The van der Waals surface area contributed by atoms with Crippen LogP contribution in [0.5, 0.6) is 0 Å². The lowest BCUT2D eigenvalue weighted by atomic mass is 10.1. The quantitative estimate of drug-likeness (QED) is 0.390. The Labute approximate surface area is 125 Å². The van der Waals surface area contributed by atoms with Gasteiger partial charge in [0.2, 0.25) is 0 Å². The van der Waals surface area contributed by atoms with Crippen LogP contribution < -0.4 is 10.6 Å². The fraction of sp³-hybridized carbons (Fsp3) is 0.143. The number of hydrogen-bond donors (Lipinski definition) is 2. The maximum atomic E-state index is 8.71. The first kappa shape index (κ1) is 14.3. The van der Waals surface area contributed by atoms with Crippen LogP contribution in [0.25, 0.3) is 0 Å². The first-order valence-corrected chi connectivity index (χ1v) is 6.79. The number of halogens is 1. The minimum Gasteiger partial charge on any atom is -0.409 e. The van der Waals surface area contributed by atoms with Gasteiger partial charge < -0.3 is 15.8 Å². The van der Waals surface area contributed by atoms with E-state index in [-0.39, 0.29) is 5.84 Å². The van der Waals surface area contributed by atoms with Crippen molar-refractivity contribution in [3.05, 3.63) is 58.3 Å². The molecule has 5 nitrogen and oxygen atoms in total. The first-order chi connectivity index (χ1) is 9.60. The van der Waals surface area contributed by atoms with Gasteiger partial charge in [0, 0.05) is 29.0 Å². The summed E-state index contributed by atoms with van der Waals surface area (Å²) in [7, 11) is 1.97. The highest BCUT2D eigenvalue weighted by Crippen LogP contribution is 2.17. The lowest BCUT2D eigenvalue weighted by Crippen LogP contribution is -2.19. The Morgan fingerprint density at radius 1 is 1.40 bits per heavy atom. The highest BCUT2D eigenvalue weighted by molar-refractivity contribution is 9.10. The Morgan fingerprint density at radius 3 is 2.85 bits per heavy atom. The molecule has 0 bridgehead atoms. The van der Waals surface area contributed by atoms with Crippen molar-refractivity contribution in [2.45, 2.75) is 6.54 Å². The molecule has 1 aromatic heterocycles. The molecule has 0 spiro atoms. The van der Waals surface area contributed by atoms with Gasteiger partial charge in [-0.3, -0.25) is 4.98 Å². The summed E-state index contributed by atoms with van der Waals surface area (Å²) >= 11 is 3.36. The van der Waals surface area contributed by atoms with E-state index < -0.39 is 0 Å². The molecule has 0 aliphatic carbocycles. The van der Waals surface area contributed by atoms with Crippen molar-refractivity contribution >= 4 is 27.5 Å². The molecule has 0 unspecified atom stereocenters. The lowest BCUT2D eigenvalue weighted by Gasteiger charge is -2.19. The van der Waals surface area contributed by atoms with Crippen LogP contribution in [0.1, 0.15) is 11.3 Å². The largest absolute Gasteiger partial charge is 0.409 e. The number of hydrogen-bond acceptors (Lipinski definition) is 4. The van der Waals surface area contributed by atoms with Gasteiger partial charge in [0.25, 0.3) is 0 Å². The first-order valence-electron chi connectivity index (χ1n) is 5.99. The van der Waals surface area contributed by atoms with Crippen LogP contribution in [0.4, 0.5) is 5.69 Å². The van der Waals surface area contributed by atoms with E-state index in [1.807, 2.05) is 42.3 Å². The molecule has 0 saturated carbocycles. The topological polar surface area (TPSA) is 74.7 Å². The van der Waals surface area contributed by atoms with E-state index in [0.717, 1.165) is 15.9 Å². The number of anilines is 1. The Hall–Kier alpha value is -2.08. The second kappa shape index (κ2) is 6.38. The Balaban J connectivity index is 2.16. The molecule has 0 saturated heterocycles. The van der Waals surface area contributed by atoms with Crippen LogP contribution in [0.3, 0.4) is 0 Å². The molecule has 0 fully saturated rings. The maximum absolute atomic E-state index is 8.71. The zero-order chi connectivity index (χ0) is 14.5. The third kappa shape index (κ3) is 3.48. The van der Waals surface area contributed by atoms with Gasteiger partial charge in [0.1, 0.15) is 0 Å². The van der Waals surface area contributed by atoms with Crippen molar-refractivity contribution in [1.82, 2.24) is 4.98 Å². The molecule has 0 aliphatic rings. The van der Waals surface area contributed by atoms with Gasteiger partial charge in [-0.05, 0) is 40.2 Å². The summed E-state index contributed by atoms with van der Waals surface area (Å²) < 4.78 is 0.956. The third-order valence-corrected chi connectivity index (χ3v) is 3.35. The van der Waals surface area contributed by atoms with Crippen molar-refractivity contribution in [3.8, 4) is 0 Å². The molecule has 3 N–H and O–H groups in total. The standard InChI is InChI=1S/C14H15BrN4O/c1-19(9-12-6-5-11(15)8-17-12)13-4-2-3-10(7-13)14(16)18-20/h2-8,20H,9H2,1H3,(H2,16,18). The van der Waals surface area contributed by atoms with Gasteiger partial charge in [-0.1, -0.05) is 17.3 Å². The third-order valence-electron chi connectivity index (χ3n) is 2.88. The van der Waals surface area contributed by atoms with Crippen molar-refractivity contribution in [1.29, 1.82) is 0 Å². The van der Waals surface area contributed by atoms with E-state index in [4.69, 9.17) is 10.9 Å². The van der Waals surface area contributed by atoms with Crippen LogP contribution >= 0.6 is 15.9 Å². The van der Waals surface area contributed by atoms with Crippen molar-refractivity contribution in [2.75, 3.05) is 11.9 Å². The van der Waals surface area contributed by atoms with Crippen LogP contribution in [0.2, 0.25) is 0 Å². The summed E-state index contributed by atoms with van der Waals surface area (Å²) in [4.78, 5) is 6.39. The summed E-state index contributed by atoms with van der Waals surface area (Å²) in [5, 5.41) is 11.7. The Kier molecular flexibility index (Phi) is 4.57. The normalized spacial score (nSPS) is 11.4. The van der Waals surface area contributed by atoms with E-state index in [1.165, 1.54) is 0 Å². The summed E-state index contributed by atoms with van der Waals surface area (Å²) in [6.45, 7) is 0.674. The number of benzene rings is 1. The number of pyridine rings is 1. The van der Waals surface area contributed by atoms with E-state index in [2.05, 4.69) is 26.1 Å². The van der Waals surface area contributed by atoms with Crippen molar-refractivity contribution < 1.29 is 5.21 Å². The molecule has 2 aromatic rings. The summed E-state index contributed by atoms with van der Waals surface area (Å²) in [6, 6.07) is 11.4. The highest BCUT2D eigenvalue weighted by Gasteiger charge is 2.06. The molecule has 0 amide bonds. The molecule has 6 heteroatoms. The van der Waals surface area contributed by atoms with Gasteiger partial charge in [-0.25, -0.2) is 0 Å². The van der Waals surface area contributed by atoms with Crippen molar-refractivity contribution in [3.63, 3.8) is 0 Å². The summed E-state index contributed by atoms with van der Waals surface area (Å²) in [6.07, 6.45) is 1.77. The van der Waals surface area contributed by atoms with E-state index in [9.17, 15) is 0 Å². The molecule has 0 aliphatic heterocycles. The van der Waals surface area contributed by atoms with Crippen LogP contribution in [-0.2, 0) is 6.54 Å². The summed E-state index contributed by atoms with van der Waals surface area (Å²) in [5.41, 5.74) is 8.21. The van der Waals surface area contributed by atoms with Gasteiger partial charge >= 0.3 is 0 Å². The predicted octanol–water partition coefficient (Wildman–Crippen LogP) is 2.58. The molecular weight excluding hydrogens is 320 g/mol. The van der Waals surface area contributed by atoms with Gasteiger partial charge in [-0.15, -0.1) is 0 Å². The number of nitrogens with two attached hydrogens (primary N) is 1. The molecule has 0 radical (unpaired) electrons. The average Bonchev–Trinajstić information content (AvgIpc) is 2.49. The predicted molar refractivity (Wildman–Crippen MR) is 83.0 cm³/mol. The van der Waals surface area contributed by atoms with Crippen LogP contribution in [0.15, 0.2) is 52.2 Å². The molecule has 104 valence electrons. The second-order valence-corrected chi connectivity index (χ2v) is 5.28. The van der Waals surface area contributed by atoms with E-state index in [1.54, 1.807) is 12.3 Å². The van der Waals surface area contributed by atoms with E-state index in [0.29, 0.717) is 12.1 Å². The SMILES string of the molecule is CN(Cc1ccc(Br)cn1)c1cccc(/C(N)=N/O)c1. The van der Waals surface area contributed by atoms with Gasteiger partial charge in [-0.2, -0.15) is 0 Å². The monoisotopic (exact) mass is 334 g/mol. The average molecular weight is 335 g/mol.